The number of nitrogens with zero attached hydrogens (tertiary/aromatic N) is 1. The summed E-state index contributed by atoms with van der Waals surface area (Å²) in [4.78, 5) is 15.2. The Morgan fingerprint density at radius 3 is 2.86 bits per heavy atom. The number of ether oxygens (including phenoxy) is 1. The average molecular weight is 216 g/mol. The van der Waals surface area contributed by atoms with E-state index < -0.39 is 5.97 Å². The van der Waals surface area contributed by atoms with E-state index in [4.69, 9.17) is 11.6 Å². The molecule has 1 aromatic heterocycles. The van der Waals surface area contributed by atoms with Gasteiger partial charge in [0.05, 0.1) is 7.11 Å². The number of methoxy groups -OCH3 is 1. The zero-order chi connectivity index (χ0) is 10.6. The number of nitrogens with one attached hydrogen (secondary N) is 2. The van der Waals surface area contributed by atoms with Crippen LogP contribution in [0, 0.1) is 0 Å². The molecule has 0 amide bonds. The summed E-state index contributed by atoms with van der Waals surface area (Å²) in [5.41, 5.74) is 5.66. The molecule has 1 heterocycles. The van der Waals surface area contributed by atoms with Gasteiger partial charge in [0.2, 0.25) is 0 Å². The van der Waals surface area contributed by atoms with Gasteiger partial charge in [-0.25, -0.2) is 15.2 Å². The van der Waals surface area contributed by atoms with Crippen molar-refractivity contribution in [3.05, 3.63) is 22.8 Å². The van der Waals surface area contributed by atoms with Gasteiger partial charge in [-0.15, -0.1) is 0 Å². The molecule has 2 N–H and O–H groups in total. The van der Waals surface area contributed by atoms with Gasteiger partial charge in [-0.2, -0.15) is 0 Å². The van der Waals surface area contributed by atoms with E-state index in [2.05, 4.69) is 20.6 Å². The predicted octanol–water partition coefficient (Wildman–Crippen LogP) is 1.07. The highest BCUT2D eigenvalue weighted by Gasteiger charge is 2.12. The fourth-order valence-corrected chi connectivity index (χ4v) is 1.07. The maximum absolute atomic E-state index is 11.2. The number of hydrogen-bond donors (Lipinski definition) is 2. The number of carbonyl (C=O) groups excluding carboxylic acids is 1. The Morgan fingerprint density at radius 2 is 2.29 bits per heavy atom. The Balaban J connectivity index is 3.07. The van der Waals surface area contributed by atoms with Crippen LogP contribution < -0.4 is 10.9 Å². The molecule has 0 atom stereocenters. The van der Waals surface area contributed by atoms with Crippen LogP contribution in [0.3, 0.4) is 0 Å². The fourth-order valence-electron chi connectivity index (χ4n) is 0.924. The van der Waals surface area contributed by atoms with Crippen molar-refractivity contribution in [1.82, 2.24) is 10.4 Å². The molecule has 0 spiro atoms. The zero-order valence-corrected chi connectivity index (χ0v) is 8.55. The number of halogens is 1. The maximum Gasteiger partial charge on any atom is 0.341 e. The minimum atomic E-state index is -0.466. The van der Waals surface area contributed by atoms with E-state index in [0.29, 0.717) is 16.5 Å². The number of carbonyl (C=O) groups is 1. The van der Waals surface area contributed by atoms with Gasteiger partial charge in [0, 0.05) is 7.05 Å². The molecule has 6 heteroatoms. The summed E-state index contributed by atoms with van der Waals surface area (Å²) < 4.78 is 4.57. The lowest BCUT2D eigenvalue weighted by Gasteiger charge is -2.08. The predicted molar refractivity (Wildman–Crippen MR) is 53.3 cm³/mol. The molecule has 0 saturated heterocycles. The molecule has 0 fully saturated rings. The third-order valence-corrected chi connectivity index (χ3v) is 1.72. The van der Waals surface area contributed by atoms with Crippen LogP contribution in [-0.2, 0) is 4.74 Å². The molecule has 5 nitrogen and oxygen atoms in total. The molecule has 14 heavy (non-hydrogen) atoms. The molecular weight excluding hydrogens is 206 g/mol. The number of hydrazine groups is 1. The molecule has 0 aliphatic carbocycles. The average Bonchev–Trinajstić information content (AvgIpc) is 2.17. The Labute approximate surface area is 86.4 Å². The topological polar surface area (TPSA) is 63.2 Å². The lowest BCUT2D eigenvalue weighted by molar-refractivity contribution is 0.0601. The Bertz CT molecular complexity index is 343. The number of anilines is 1. The molecule has 0 saturated carbocycles. The molecule has 1 rings (SSSR count). The van der Waals surface area contributed by atoms with Crippen LogP contribution in [0.25, 0.3) is 0 Å². The van der Waals surface area contributed by atoms with E-state index in [-0.39, 0.29) is 0 Å². The number of hydrogen-bond acceptors (Lipinski definition) is 5. The molecule has 0 bridgehead atoms. The molecule has 0 unspecified atom stereocenters. The van der Waals surface area contributed by atoms with Crippen LogP contribution in [0.1, 0.15) is 10.4 Å². The van der Waals surface area contributed by atoms with Crippen LogP contribution in [-0.4, -0.2) is 25.1 Å². The van der Waals surface area contributed by atoms with Gasteiger partial charge in [-0.1, -0.05) is 11.6 Å². The SMILES string of the molecule is CNNc1nc(Cl)ccc1C(=O)OC. The van der Waals surface area contributed by atoms with E-state index in [0.717, 1.165) is 0 Å². The summed E-state index contributed by atoms with van der Waals surface area (Å²) in [6.45, 7) is 0. The maximum atomic E-state index is 11.2. The van der Waals surface area contributed by atoms with Gasteiger partial charge >= 0.3 is 5.97 Å². The lowest BCUT2D eigenvalue weighted by atomic mass is 10.2. The third-order valence-electron chi connectivity index (χ3n) is 1.51. The minimum absolute atomic E-state index is 0.301. The molecule has 0 aromatic carbocycles. The number of aromatic nitrogens is 1. The van der Waals surface area contributed by atoms with Gasteiger partial charge in [0.15, 0.2) is 5.82 Å². The molecule has 1 aromatic rings. The Hall–Kier alpha value is -1.33. The Morgan fingerprint density at radius 1 is 1.57 bits per heavy atom. The van der Waals surface area contributed by atoms with Crippen molar-refractivity contribution >= 4 is 23.4 Å². The first-order valence-electron chi connectivity index (χ1n) is 3.86. The van der Waals surface area contributed by atoms with Crippen LogP contribution in [0.4, 0.5) is 5.82 Å². The summed E-state index contributed by atoms with van der Waals surface area (Å²) in [5, 5.41) is 0.301. The second kappa shape index (κ2) is 4.78. The molecule has 0 aliphatic heterocycles. The Kier molecular flexibility index (Phi) is 3.67. The van der Waals surface area contributed by atoms with Gasteiger partial charge in [0.25, 0.3) is 0 Å². The standard InChI is InChI=1S/C8H10ClN3O2/c1-10-12-7-5(8(13)14-2)3-4-6(9)11-7/h3-4,10H,1-2H3,(H,11,12). The zero-order valence-electron chi connectivity index (χ0n) is 7.80. The first kappa shape index (κ1) is 10.7. The van der Waals surface area contributed by atoms with Gasteiger partial charge in [0.1, 0.15) is 10.7 Å². The first-order valence-corrected chi connectivity index (χ1v) is 4.24. The molecular formula is C8H10ClN3O2. The monoisotopic (exact) mass is 215 g/mol. The van der Waals surface area contributed by atoms with E-state index >= 15 is 0 Å². The van der Waals surface area contributed by atoms with Gasteiger partial charge < -0.3 is 10.2 Å². The molecule has 0 radical (unpaired) electrons. The minimum Gasteiger partial charge on any atom is -0.465 e. The summed E-state index contributed by atoms with van der Waals surface area (Å²) in [6.07, 6.45) is 0. The summed E-state index contributed by atoms with van der Waals surface area (Å²) in [6, 6.07) is 3.06. The van der Waals surface area contributed by atoms with Crippen molar-refractivity contribution in [1.29, 1.82) is 0 Å². The summed E-state index contributed by atoms with van der Waals surface area (Å²) in [7, 11) is 2.96. The van der Waals surface area contributed by atoms with Crippen molar-refractivity contribution in [2.45, 2.75) is 0 Å². The largest absolute Gasteiger partial charge is 0.465 e. The van der Waals surface area contributed by atoms with Crippen molar-refractivity contribution in [2.24, 2.45) is 0 Å². The van der Waals surface area contributed by atoms with E-state index in [1.807, 2.05) is 0 Å². The third kappa shape index (κ3) is 2.34. The van der Waals surface area contributed by atoms with Crippen LogP contribution >= 0.6 is 11.6 Å². The first-order chi connectivity index (χ1) is 6.69. The quantitative estimate of drug-likeness (QED) is 0.449. The van der Waals surface area contributed by atoms with Gasteiger partial charge in [-0.05, 0) is 12.1 Å². The summed E-state index contributed by atoms with van der Waals surface area (Å²) >= 11 is 5.67. The highest BCUT2D eigenvalue weighted by Crippen LogP contribution is 2.16. The van der Waals surface area contributed by atoms with Crippen molar-refractivity contribution in [2.75, 3.05) is 19.6 Å². The van der Waals surface area contributed by atoms with Crippen molar-refractivity contribution < 1.29 is 9.53 Å². The smallest absolute Gasteiger partial charge is 0.341 e. The highest BCUT2D eigenvalue weighted by molar-refractivity contribution is 6.29. The summed E-state index contributed by atoms with van der Waals surface area (Å²) in [5.74, 6) is -0.126. The van der Waals surface area contributed by atoms with E-state index in [1.54, 1.807) is 13.1 Å². The lowest BCUT2D eigenvalue weighted by Crippen LogP contribution is -2.19. The normalized spacial score (nSPS) is 9.64. The van der Waals surface area contributed by atoms with Crippen LogP contribution in [0.5, 0.6) is 0 Å². The van der Waals surface area contributed by atoms with E-state index in [1.165, 1.54) is 13.2 Å². The highest BCUT2D eigenvalue weighted by atomic mass is 35.5. The number of esters is 1. The molecule has 76 valence electrons. The van der Waals surface area contributed by atoms with Crippen molar-refractivity contribution in [3.8, 4) is 0 Å². The van der Waals surface area contributed by atoms with E-state index in [9.17, 15) is 4.79 Å². The number of pyridine rings is 1. The fraction of sp³-hybridized carbons (Fsp3) is 0.250. The second-order valence-electron chi connectivity index (χ2n) is 2.40. The second-order valence-corrected chi connectivity index (χ2v) is 2.78. The van der Waals surface area contributed by atoms with Crippen LogP contribution in [0.2, 0.25) is 5.15 Å². The van der Waals surface area contributed by atoms with Crippen molar-refractivity contribution in [3.63, 3.8) is 0 Å². The number of rotatable bonds is 3. The molecule has 0 aliphatic rings. The van der Waals surface area contributed by atoms with Crippen LogP contribution in [0.15, 0.2) is 12.1 Å². The van der Waals surface area contributed by atoms with Gasteiger partial charge in [-0.3, -0.25) is 0 Å².